The monoisotopic (exact) mass is 1010 g/mol. The second-order valence-electron chi connectivity index (χ2n) is 23.6. The molecule has 7 heterocycles. The van der Waals surface area contributed by atoms with Gasteiger partial charge in [0.15, 0.2) is 23.3 Å². The third kappa shape index (κ3) is 14.4. The molecule has 72 heavy (non-hydrogen) atoms. The number of aliphatic hydroxyl groups is 3. The molecule has 6 saturated heterocycles. The van der Waals surface area contributed by atoms with Crippen molar-refractivity contribution in [2.45, 2.75) is 292 Å². The molecule has 17 atom stereocenters. The Morgan fingerprint density at radius 1 is 0.889 bits per heavy atom. The molecule has 6 fully saturated rings. The summed E-state index contributed by atoms with van der Waals surface area (Å²) in [6.07, 6.45) is 22.8. The Labute approximate surface area is 431 Å². The van der Waals surface area contributed by atoms with Crippen molar-refractivity contribution in [3.8, 4) is 0 Å². The van der Waals surface area contributed by atoms with Crippen molar-refractivity contribution < 1.29 is 67.9 Å². The zero-order valence-electron chi connectivity index (χ0n) is 44.9. The van der Waals surface area contributed by atoms with Gasteiger partial charge in [0, 0.05) is 43.9 Å². The SMILES string of the molecule is C=C1[C@@H](O)[C@@H]2O[C@]3(CC[C@H](C=C[C@@H](C)[C@@H]4CC(C)=C[C@@]5(O[C@H](C[C@@](C)(O)C(=O)O)CC[C@H]5OC(=O)CCCCCCCCCCCCC)O4)O3)CC[C@H]2O[C@@H]1[C@@H](O)C[C@H](C)[C@@H]1CCC[C@@]2(OCCC[C@H]2C)O1. The minimum Gasteiger partial charge on any atom is -0.479 e. The average molecular weight is 1020 g/mol. The molecule has 0 aromatic carbocycles. The van der Waals surface area contributed by atoms with Gasteiger partial charge in [0.1, 0.15) is 18.3 Å². The van der Waals surface area contributed by atoms with Gasteiger partial charge in [0.25, 0.3) is 0 Å². The molecule has 0 aromatic rings. The molecule has 410 valence electrons. The van der Waals surface area contributed by atoms with Crippen molar-refractivity contribution in [2.75, 3.05) is 6.61 Å². The number of aliphatic hydroxyl groups excluding tert-OH is 2. The number of carbonyl (C=O) groups excluding carboxylic acids is 1. The maximum atomic E-state index is 13.4. The van der Waals surface area contributed by atoms with E-state index < -0.39 is 71.7 Å². The zero-order valence-corrected chi connectivity index (χ0v) is 44.9. The van der Waals surface area contributed by atoms with Crippen molar-refractivity contribution in [1.29, 1.82) is 0 Å². The van der Waals surface area contributed by atoms with Crippen molar-refractivity contribution in [2.24, 2.45) is 17.8 Å². The first-order valence-corrected chi connectivity index (χ1v) is 28.6. The van der Waals surface area contributed by atoms with Crippen molar-refractivity contribution in [3.05, 3.63) is 36.0 Å². The number of ether oxygens (including phenoxy) is 8. The fourth-order valence-corrected chi connectivity index (χ4v) is 12.8. The Balaban J connectivity index is 0.909. The minimum atomic E-state index is -2.01. The number of aliphatic carboxylic acids is 1. The Kier molecular flexibility index (Phi) is 20.5. The second kappa shape index (κ2) is 25.7. The van der Waals surface area contributed by atoms with Crippen LogP contribution in [0.25, 0.3) is 0 Å². The number of unbranched alkanes of at least 4 members (excludes halogenated alkanes) is 10. The molecule has 3 spiro atoms. The van der Waals surface area contributed by atoms with Gasteiger partial charge < -0.3 is 58.3 Å². The number of hydrogen-bond acceptors (Lipinski definition) is 13. The lowest BCUT2D eigenvalue weighted by atomic mass is 9.81. The average Bonchev–Trinajstić information content (AvgIpc) is 3.74. The highest BCUT2D eigenvalue weighted by atomic mass is 16.7. The molecule has 14 nitrogen and oxygen atoms in total. The van der Waals surface area contributed by atoms with E-state index in [1.807, 2.05) is 13.0 Å². The van der Waals surface area contributed by atoms with Crippen molar-refractivity contribution in [3.63, 3.8) is 0 Å². The summed E-state index contributed by atoms with van der Waals surface area (Å²) in [5.74, 6) is -4.26. The number of fused-ring (bicyclic) bond motifs is 1. The fraction of sp³-hybridized carbons (Fsp3) is 0.862. The van der Waals surface area contributed by atoms with Gasteiger partial charge in [-0.3, -0.25) is 4.79 Å². The Morgan fingerprint density at radius 2 is 1.60 bits per heavy atom. The van der Waals surface area contributed by atoms with E-state index in [9.17, 15) is 30.0 Å². The maximum Gasteiger partial charge on any atom is 0.335 e. The minimum absolute atomic E-state index is 0.0358. The summed E-state index contributed by atoms with van der Waals surface area (Å²) in [5, 5.41) is 43.8. The third-order valence-electron chi connectivity index (χ3n) is 17.3. The molecule has 0 aliphatic carbocycles. The number of carboxylic acids is 1. The van der Waals surface area contributed by atoms with Gasteiger partial charge in [-0.05, 0) is 102 Å². The van der Waals surface area contributed by atoms with Crippen LogP contribution in [0.3, 0.4) is 0 Å². The lowest BCUT2D eigenvalue weighted by Gasteiger charge is -2.50. The van der Waals surface area contributed by atoms with Crippen LogP contribution in [-0.2, 0) is 47.5 Å². The van der Waals surface area contributed by atoms with E-state index in [2.05, 4.69) is 46.4 Å². The zero-order chi connectivity index (χ0) is 51.7. The molecular weight excluding hydrogens is 921 g/mol. The lowest BCUT2D eigenvalue weighted by Crippen LogP contribution is -2.60. The Morgan fingerprint density at radius 3 is 2.31 bits per heavy atom. The van der Waals surface area contributed by atoms with Crippen LogP contribution < -0.4 is 0 Å². The summed E-state index contributed by atoms with van der Waals surface area (Å²) in [6.45, 7) is 16.9. The fourth-order valence-electron chi connectivity index (χ4n) is 12.8. The highest BCUT2D eigenvalue weighted by molar-refractivity contribution is 5.76. The largest absolute Gasteiger partial charge is 0.479 e. The van der Waals surface area contributed by atoms with Crippen LogP contribution >= 0.6 is 0 Å². The van der Waals surface area contributed by atoms with Gasteiger partial charge in [-0.1, -0.05) is 116 Å². The predicted octanol–water partition coefficient (Wildman–Crippen LogP) is 10.5. The van der Waals surface area contributed by atoms with Crippen molar-refractivity contribution >= 4 is 11.9 Å². The van der Waals surface area contributed by atoms with Crippen LogP contribution in [0, 0.1) is 17.8 Å². The predicted molar refractivity (Wildman–Crippen MR) is 273 cm³/mol. The van der Waals surface area contributed by atoms with Gasteiger partial charge in [-0.15, -0.1) is 0 Å². The van der Waals surface area contributed by atoms with E-state index in [1.165, 1.54) is 58.3 Å². The van der Waals surface area contributed by atoms with Crippen LogP contribution in [0.15, 0.2) is 36.0 Å². The highest BCUT2D eigenvalue weighted by Gasteiger charge is 2.55. The lowest BCUT2D eigenvalue weighted by molar-refractivity contribution is -0.326. The molecule has 4 N–H and O–H groups in total. The van der Waals surface area contributed by atoms with E-state index in [0.717, 1.165) is 63.5 Å². The summed E-state index contributed by atoms with van der Waals surface area (Å²) in [4.78, 5) is 25.4. The van der Waals surface area contributed by atoms with Crippen molar-refractivity contribution in [1.82, 2.24) is 0 Å². The first-order valence-electron chi connectivity index (χ1n) is 28.6. The molecule has 0 saturated carbocycles. The quantitative estimate of drug-likeness (QED) is 0.0430. The number of esters is 1. The molecule has 14 heteroatoms. The first-order chi connectivity index (χ1) is 34.4. The van der Waals surface area contributed by atoms with Gasteiger partial charge in [0.2, 0.25) is 5.79 Å². The molecule has 0 aromatic heterocycles. The van der Waals surface area contributed by atoms with Crippen LogP contribution in [0.2, 0.25) is 0 Å². The third-order valence-corrected chi connectivity index (χ3v) is 17.3. The topological polar surface area (TPSA) is 189 Å². The summed E-state index contributed by atoms with van der Waals surface area (Å²) in [7, 11) is 0. The summed E-state index contributed by atoms with van der Waals surface area (Å²) < 4.78 is 52.6. The molecule has 0 amide bonds. The number of hydrogen-bond donors (Lipinski definition) is 4. The van der Waals surface area contributed by atoms with Gasteiger partial charge in [0.05, 0.1) is 43.2 Å². The van der Waals surface area contributed by atoms with Crippen LogP contribution in [-0.4, -0.2) is 123 Å². The van der Waals surface area contributed by atoms with E-state index in [1.54, 1.807) is 0 Å². The molecule has 0 unspecified atom stereocenters. The molecule has 0 bridgehead atoms. The van der Waals surface area contributed by atoms with Crippen LogP contribution in [0.5, 0.6) is 0 Å². The normalized spacial score (nSPS) is 38.3. The Hall–Kier alpha value is -2.24. The van der Waals surface area contributed by atoms with Crippen LogP contribution in [0.4, 0.5) is 0 Å². The molecule has 7 rings (SSSR count). The summed E-state index contributed by atoms with van der Waals surface area (Å²) in [5.41, 5.74) is -0.592. The standard InChI is InChI=1S/C58H94O14/c1-8-9-10-11-12-13-14-15-16-17-18-23-50(60)67-49-27-26-44(37-55(7,64)54(62)63)69-58(49)36-38(2)34-48(71-58)39(3)24-25-43-28-31-56(68-43)32-29-47-53(72-56)51(61)42(6)52(66-47)45(59)35-40(4)46-22-19-30-57(70-46)41(5)21-20-33-65-57/h24-25,36,39-41,43-49,51-53,59,61,64H,6,8-23,26-35,37H2,1-5,7H3,(H,62,63)/t39-,40+,41-,43+,44+,45+,46+,47-,48+,49-,51-,52+,53-,55-,56-,57-,58-/m1/s1. The van der Waals surface area contributed by atoms with E-state index >= 15 is 0 Å². The van der Waals surface area contributed by atoms with Gasteiger partial charge in [-0.2, -0.15) is 0 Å². The number of rotatable bonds is 23. The second-order valence-corrected chi connectivity index (χ2v) is 23.6. The summed E-state index contributed by atoms with van der Waals surface area (Å²) in [6, 6.07) is 0. The molecule has 7 aliphatic heterocycles. The smallest absolute Gasteiger partial charge is 0.335 e. The molecule has 7 aliphatic rings. The molecule has 0 radical (unpaired) electrons. The van der Waals surface area contributed by atoms with E-state index in [0.29, 0.717) is 69.3 Å². The summed E-state index contributed by atoms with van der Waals surface area (Å²) >= 11 is 0. The van der Waals surface area contributed by atoms with Crippen LogP contribution in [0.1, 0.15) is 208 Å². The number of carbonyl (C=O) groups is 2. The molecular formula is C58H94O14. The van der Waals surface area contributed by atoms with Gasteiger partial charge >= 0.3 is 11.9 Å². The van der Waals surface area contributed by atoms with E-state index in [-0.39, 0.29) is 42.5 Å². The first kappa shape index (κ1) is 57.5. The maximum absolute atomic E-state index is 13.4. The van der Waals surface area contributed by atoms with Gasteiger partial charge in [-0.25, -0.2) is 4.79 Å². The highest BCUT2D eigenvalue weighted by Crippen LogP contribution is 2.48. The van der Waals surface area contributed by atoms with E-state index in [4.69, 9.17) is 37.9 Å². The Bertz CT molecular complexity index is 1830. The number of carboxylic acid groups (broad SMARTS) is 1.